The van der Waals surface area contributed by atoms with Crippen molar-refractivity contribution in [3.8, 4) is 22.4 Å². The van der Waals surface area contributed by atoms with E-state index in [1.807, 2.05) is 18.2 Å². The number of benzene rings is 6. The van der Waals surface area contributed by atoms with Crippen molar-refractivity contribution >= 4 is 63.6 Å². The second-order valence-corrected chi connectivity index (χ2v) is 13.8. The maximum Gasteiger partial charge on any atom is 0.0975 e. The number of anilines is 1. The van der Waals surface area contributed by atoms with E-state index in [4.69, 9.17) is 4.98 Å². The van der Waals surface area contributed by atoms with Crippen molar-refractivity contribution in [2.24, 2.45) is 4.99 Å². The predicted octanol–water partition coefficient (Wildman–Crippen LogP) is 9.70. The molecule has 0 bridgehead atoms. The summed E-state index contributed by atoms with van der Waals surface area (Å²) in [6.45, 7) is 4.72. The highest BCUT2D eigenvalue weighted by Gasteiger charge is 2.21. The van der Waals surface area contributed by atoms with Crippen molar-refractivity contribution in [1.82, 2.24) is 4.98 Å². The van der Waals surface area contributed by atoms with Crippen molar-refractivity contribution in [1.29, 1.82) is 0 Å². The number of aliphatic imine (C=N–C) groups is 1. The highest BCUT2D eigenvalue weighted by molar-refractivity contribution is 7.79. The Morgan fingerprint density at radius 3 is 2.02 bits per heavy atom. The first-order chi connectivity index (χ1) is 23.3. The summed E-state index contributed by atoms with van der Waals surface area (Å²) in [5.41, 5.74) is 6.98. The van der Waals surface area contributed by atoms with E-state index in [9.17, 15) is 0 Å². The molecule has 47 heavy (non-hydrogen) atoms. The van der Waals surface area contributed by atoms with Crippen LogP contribution in [0.2, 0.25) is 0 Å². The number of para-hydroxylation sites is 1. The highest BCUT2D eigenvalue weighted by atomic mass is 31.1. The average molecular weight is 622 g/mol. The van der Waals surface area contributed by atoms with Gasteiger partial charge in [-0.15, -0.1) is 0 Å². The number of aromatic nitrogens is 1. The van der Waals surface area contributed by atoms with Gasteiger partial charge in [0.15, 0.2) is 0 Å². The molecular weight excluding hydrogens is 589 g/mol. The molecule has 4 heteroatoms. The number of allylic oxidation sites excluding steroid dienone is 2. The molecule has 8 rings (SSSR count). The lowest BCUT2D eigenvalue weighted by molar-refractivity contribution is 1.07. The van der Waals surface area contributed by atoms with E-state index in [1.165, 1.54) is 32.2 Å². The Bertz CT molecular complexity index is 2270. The molecular formula is C43H32N3P. The number of fused-ring (bicyclic) bond motifs is 2. The molecule has 1 aliphatic rings. The van der Waals surface area contributed by atoms with Crippen LogP contribution in [0.25, 0.3) is 44.1 Å². The molecule has 0 radical (unpaired) electrons. The van der Waals surface area contributed by atoms with Gasteiger partial charge in [0.1, 0.15) is 0 Å². The van der Waals surface area contributed by atoms with E-state index in [2.05, 4.69) is 168 Å². The lowest BCUT2D eigenvalue weighted by atomic mass is 9.97. The van der Waals surface area contributed by atoms with Gasteiger partial charge in [-0.05, 0) is 82.8 Å². The molecule has 224 valence electrons. The lowest BCUT2D eigenvalue weighted by Gasteiger charge is -2.26. The summed E-state index contributed by atoms with van der Waals surface area (Å²) in [4.78, 5) is 12.0. The third kappa shape index (κ3) is 5.56. The van der Waals surface area contributed by atoms with Crippen LogP contribution in [0.5, 0.6) is 0 Å². The molecule has 1 aromatic heterocycles. The summed E-state index contributed by atoms with van der Waals surface area (Å²) in [6, 6.07) is 52.4. The fourth-order valence-corrected chi connectivity index (χ4v) is 8.78. The van der Waals surface area contributed by atoms with Crippen LogP contribution < -0.4 is 20.8 Å². The molecule has 0 unspecified atom stereocenters. The van der Waals surface area contributed by atoms with Crippen molar-refractivity contribution in [2.75, 3.05) is 11.4 Å². The molecule has 0 saturated carbocycles. The quantitative estimate of drug-likeness (QED) is 0.131. The first kappa shape index (κ1) is 28.8. The molecule has 1 aliphatic heterocycles. The van der Waals surface area contributed by atoms with Crippen LogP contribution in [0.1, 0.15) is 0 Å². The summed E-state index contributed by atoms with van der Waals surface area (Å²) in [5, 5.41) is 7.52. The van der Waals surface area contributed by atoms with E-state index in [0.717, 1.165) is 45.6 Å². The minimum atomic E-state index is -0.659. The fraction of sp³-hybridized carbons (Fsp3) is 0.0233. The number of pyridine rings is 1. The Labute approximate surface area is 276 Å². The van der Waals surface area contributed by atoms with E-state index in [1.54, 1.807) is 0 Å². The summed E-state index contributed by atoms with van der Waals surface area (Å²) in [6.07, 6.45) is 8.35. The molecule has 0 spiro atoms. The largest absolute Gasteiger partial charge is 0.341 e. The van der Waals surface area contributed by atoms with Gasteiger partial charge in [-0.3, -0.25) is 4.99 Å². The van der Waals surface area contributed by atoms with E-state index in [0.29, 0.717) is 0 Å². The number of hydrogen-bond donors (Lipinski definition) is 0. The van der Waals surface area contributed by atoms with Gasteiger partial charge in [-0.2, -0.15) is 0 Å². The zero-order valence-electron chi connectivity index (χ0n) is 25.9. The second-order valence-electron chi connectivity index (χ2n) is 11.6. The van der Waals surface area contributed by atoms with Gasteiger partial charge in [0.2, 0.25) is 0 Å². The Hall–Kier alpha value is -5.63. The number of rotatable bonds is 7. The molecule has 7 aromatic rings. The molecule has 0 atom stereocenters. The van der Waals surface area contributed by atoms with Crippen LogP contribution in [0.15, 0.2) is 175 Å². The molecule has 3 nitrogen and oxygen atoms in total. The zero-order chi connectivity index (χ0) is 31.6. The average Bonchev–Trinajstić information content (AvgIpc) is 3.15. The molecule has 6 aromatic carbocycles. The lowest BCUT2D eigenvalue weighted by Crippen LogP contribution is -2.20. The van der Waals surface area contributed by atoms with Gasteiger partial charge in [0.25, 0.3) is 0 Å². The van der Waals surface area contributed by atoms with Crippen molar-refractivity contribution in [3.05, 3.63) is 170 Å². The number of nitrogens with zero attached hydrogens (tertiary/aromatic N) is 3. The zero-order valence-corrected chi connectivity index (χ0v) is 26.8. The van der Waals surface area contributed by atoms with Gasteiger partial charge in [-0.25, -0.2) is 4.98 Å². The van der Waals surface area contributed by atoms with E-state index >= 15 is 0 Å². The monoisotopic (exact) mass is 621 g/mol. The highest BCUT2D eigenvalue weighted by Crippen LogP contribution is 2.43. The molecule has 0 saturated heterocycles. The topological polar surface area (TPSA) is 28.5 Å². The standard InChI is InChI=1S/C43H32N3P/c1-44-42-39-20-9-10-21-40(39)45-41(43(42)46-26-11-4-12-27-46)35-15-13-14-31(29-35)32-22-23-34-30-38(25-24-33(34)28-32)47(36-16-5-2-6-17-36)37-18-7-3-8-19-37/h2-26,28-30H,1,27H2. The first-order valence-electron chi connectivity index (χ1n) is 15.8. The fourth-order valence-electron chi connectivity index (χ4n) is 6.45. The molecule has 0 aliphatic carbocycles. The third-order valence-electron chi connectivity index (χ3n) is 8.68. The Kier molecular flexibility index (Phi) is 7.75. The Morgan fingerprint density at radius 1 is 0.596 bits per heavy atom. The summed E-state index contributed by atoms with van der Waals surface area (Å²) in [7, 11) is -0.659. The molecule has 2 heterocycles. The second kappa shape index (κ2) is 12.6. The SMILES string of the molecule is C=Nc1c(N2C=CC=CC2)c(-c2cccc(-c3ccc4cc(P(c5ccccc5)c5ccccc5)ccc4c3)c2)nc2ccccc12. The van der Waals surface area contributed by atoms with Gasteiger partial charge in [-0.1, -0.05) is 133 Å². The van der Waals surface area contributed by atoms with Crippen molar-refractivity contribution in [3.63, 3.8) is 0 Å². The van der Waals surface area contributed by atoms with Crippen LogP contribution in [-0.2, 0) is 0 Å². The van der Waals surface area contributed by atoms with E-state index in [-0.39, 0.29) is 0 Å². The Morgan fingerprint density at radius 2 is 1.28 bits per heavy atom. The molecule has 0 amide bonds. The Balaban J connectivity index is 1.20. The van der Waals surface area contributed by atoms with Gasteiger partial charge in [0.05, 0.1) is 22.6 Å². The maximum absolute atomic E-state index is 5.20. The minimum Gasteiger partial charge on any atom is -0.341 e. The summed E-state index contributed by atoms with van der Waals surface area (Å²) in [5.74, 6) is 0. The number of hydrogen-bond acceptors (Lipinski definition) is 3. The van der Waals surface area contributed by atoms with Crippen LogP contribution in [-0.4, -0.2) is 18.2 Å². The van der Waals surface area contributed by atoms with E-state index < -0.39 is 7.92 Å². The van der Waals surface area contributed by atoms with Crippen LogP contribution >= 0.6 is 7.92 Å². The third-order valence-corrected chi connectivity index (χ3v) is 11.1. The molecule has 0 N–H and O–H groups in total. The predicted molar refractivity (Wildman–Crippen MR) is 204 cm³/mol. The normalized spacial score (nSPS) is 12.7. The first-order valence-corrected chi connectivity index (χ1v) is 17.2. The van der Waals surface area contributed by atoms with Crippen molar-refractivity contribution in [2.45, 2.75) is 0 Å². The van der Waals surface area contributed by atoms with Gasteiger partial charge < -0.3 is 4.90 Å². The minimum absolute atomic E-state index is 0.659. The van der Waals surface area contributed by atoms with Crippen LogP contribution in [0.3, 0.4) is 0 Å². The maximum atomic E-state index is 5.20. The summed E-state index contributed by atoms with van der Waals surface area (Å²) >= 11 is 0. The van der Waals surface area contributed by atoms with Crippen LogP contribution in [0, 0.1) is 0 Å². The van der Waals surface area contributed by atoms with Crippen molar-refractivity contribution < 1.29 is 0 Å². The smallest absolute Gasteiger partial charge is 0.0975 e. The summed E-state index contributed by atoms with van der Waals surface area (Å²) < 4.78 is 0. The molecule has 0 fully saturated rings. The van der Waals surface area contributed by atoms with Crippen LogP contribution in [0.4, 0.5) is 11.4 Å². The van der Waals surface area contributed by atoms with Gasteiger partial charge >= 0.3 is 0 Å². The van der Waals surface area contributed by atoms with Gasteiger partial charge in [0, 0.05) is 23.7 Å².